The lowest BCUT2D eigenvalue weighted by atomic mass is 9.90. The van der Waals surface area contributed by atoms with Gasteiger partial charge in [-0.2, -0.15) is 18.3 Å². The Kier molecular flexibility index (Phi) is 6.07. The van der Waals surface area contributed by atoms with Crippen molar-refractivity contribution < 1.29 is 18.0 Å². The van der Waals surface area contributed by atoms with Gasteiger partial charge in [-0.15, -0.1) is 0 Å². The van der Waals surface area contributed by atoms with Crippen molar-refractivity contribution in [2.24, 2.45) is 0 Å². The standard InChI is InChI=1S/C20H25F3N4O/c1-14(12-26(2)17-5-3-16(4-6-17)20(21,22)23)27-19(13-28)18(11-25-27)15-7-9-24-10-8-15/h3-6,11,13-15,24H,7-10,12H2,1-2H3. The molecule has 1 aliphatic heterocycles. The minimum Gasteiger partial charge on any atom is -0.372 e. The number of carbonyl (C=O) groups is 1. The fourth-order valence-electron chi connectivity index (χ4n) is 3.79. The molecule has 1 saturated heterocycles. The summed E-state index contributed by atoms with van der Waals surface area (Å²) in [6.07, 6.45) is 0.259. The van der Waals surface area contributed by atoms with E-state index >= 15 is 0 Å². The molecule has 2 aromatic rings. The quantitative estimate of drug-likeness (QED) is 0.756. The van der Waals surface area contributed by atoms with Crippen LogP contribution >= 0.6 is 0 Å². The van der Waals surface area contributed by atoms with Gasteiger partial charge in [-0.25, -0.2) is 0 Å². The predicted molar refractivity (Wildman–Crippen MR) is 102 cm³/mol. The number of likely N-dealkylation sites (N-methyl/N-ethyl adjacent to an activating group) is 1. The lowest BCUT2D eigenvalue weighted by molar-refractivity contribution is -0.137. The number of rotatable bonds is 6. The molecule has 8 heteroatoms. The molecule has 5 nitrogen and oxygen atoms in total. The van der Waals surface area contributed by atoms with E-state index < -0.39 is 11.7 Å². The van der Waals surface area contributed by atoms with E-state index in [2.05, 4.69) is 10.4 Å². The molecule has 0 spiro atoms. The molecule has 1 N–H and O–H groups in total. The van der Waals surface area contributed by atoms with Crippen molar-refractivity contribution in [3.05, 3.63) is 47.3 Å². The zero-order valence-electron chi connectivity index (χ0n) is 16.0. The van der Waals surface area contributed by atoms with Gasteiger partial charge in [-0.1, -0.05) is 0 Å². The number of nitrogens with one attached hydrogen (secondary N) is 1. The Morgan fingerprint density at radius 3 is 2.50 bits per heavy atom. The van der Waals surface area contributed by atoms with Crippen molar-refractivity contribution in [1.29, 1.82) is 0 Å². The third-order valence-corrected chi connectivity index (χ3v) is 5.35. The molecule has 1 fully saturated rings. The molecule has 152 valence electrons. The lowest BCUT2D eigenvalue weighted by Crippen LogP contribution is -2.28. The molecule has 1 atom stereocenters. The van der Waals surface area contributed by atoms with Crippen molar-refractivity contribution >= 4 is 12.0 Å². The van der Waals surface area contributed by atoms with Gasteiger partial charge in [0.05, 0.1) is 17.8 Å². The summed E-state index contributed by atoms with van der Waals surface area (Å²) in [4.78, 5) is 13.6. The number of nitrogens with zero attached hydrogens (tertiary/aromatic N) is 3. The zero-order chi connectivity index (χ0) is 20.3. The Balaban J connectivity index is 1.72. The summed E-state index contributed by atoms with van der Waals surface area (Å²) < 4.78 is 39.9. The maximum absolute atomic E-state index is 12.7. The smallest absolute Gasteiger partial charge is 0.372 e. The van der Waals surface area contributed by atoms with Crippen LogP contribution in [-0.2, 0) is 6.18 Å². The minimum atomic E-state index is -4.34. The highest BCUT2D eigenvalue weighted by Gasteiger charge is 2.30. The van der Waals surface area contributed by atoms with Crippen LogP contribution in [0, 0.1) is 0 Å². The number of piperidine rings is 1. The van der Waals surface area contributed by atoms with Crippen molar-refractivity contribution in [1.82, 2.24) is 15.1 Å². The van der Waals surface area contributed by atoms with Crippen molar-refractivity contribution in [2.75, 3.05) is 31.6 Å². The second kappa shape index (κ2) is 8.34. The molecule has 1 aromatic carbocycles. The molecule has 28 heavy (non-hydrogen) atoms. The molecule has 0 aliphatic carbocycles. The number of halogens is 3. The van der Waals surface area contributed by atoms with Crippen LogP contribution < -0.4 is 10.2 Å². The highest BCUT2D eigenvalue weighted by Crippen LogP contribution is 2.31. The first-order chi connectivity index (χ1) is 13.3. The number of benzene rings is 1. The number of hydrogen-bond acceptors (Lipinski definition) is 4. The van der Waals surface area contributed by atoms with Gasteiger partial charge in [-0.05, 0) is 63.0 Å². The van der Waals surface area contributed by atoms with Crippen LogP contribution in [0.5, 0.6) is 0 Å². The maximum Gasteiger partial charge on any atom is 0.416 e. The van der Waals surface area contributed by atoms with Crippen molar-refractivity contribution in [3.63, 3.8) is 0 Å². The summed E-state index contributed by atoms with van der Waals surface area (Å²) in [5.74, 6) is 0.329. The molecule has 1 aromatic heterocycles. The number of anilines is 1. The van der Waals surface area contributed by atoms with Crippen LogP contribution in [0.3, 0.4) is 0 Å². The van der Waals surface area contributed by atoms with Crippen LogP contribution in [0.15, 0.2) is 30.5 Å². The average molecular weight is 394 g/mol. The second-order valence-corrected chi connectivity index (χ2v) is 7.35. The molecule has 0 radical (unpaired) electrons. The molecule has 2 heterocycles. The predicted octanol–water partition coefficient (Wildman–Crippen LogP) is 3.88. The van der Waals surface area contributed by atoms with Crippen molar-refractivity contribution in [3.8, 4) is 0 Å². The molecule has 0 bridgehead atoms. The first-order valence-electron chi connectivity index (χ1n) is 9.43. The van der Waals surface area contributed by atoms with Gasteiger partial charge < -0.3 is 10.2 Å². The molecule has 1 aliphatic rings. The van der Waals surface area contributed by atoms with E-state index in [1.807, 2.05) is 18.9 Å². The largest absolute Gasteiger partial charge is 0.416 e. The first-order valence-corrected chi connectivity index (χ1v) is 9.43. The number of hydrogen-bond donors (Lipinski definition) is 1. The Labute approximate surface area is 162 Å². The summed E-state index contributed by atoms with van der Waals surface area (Å²) in [7, 11) is 1.82. The summed E-state index contributed by atoms with van der Waals surface area (Å²) in [5, 5.41) is 7.76. The van der Waals surface area contributed by atoms with Crippen LogP contribution in [0.25, 0.3) is 0 Å². The van der Waals surface area contributed by atoms with Crippen molar-refractivity contribution in [2.45, 2.75) is 37.9 Å². The van der Waals surface area contributed by atoms with E-state index in [9.17, 15) is 18.0 Å². The molecule has 1 unspecified atom stereocenters. The third kappa shape index (κ3) is 4.38. The Hall–Kier alpha value is -2.35. The minimum absolute atomic E-state index is 0.108. The van der Waals surface area contributed by atoms with E-state index in [1.165, 1.54) is 12.1 Å². The molecule has 3 rings (SSSR count). The fraction of sp³-hybridized carbons (Fsp3) is 0.500. The van der Waals surface area contributed by atoms with Crippen LogP contribution in [0.4, 0.5) is 18.9 Å². The second-order valence-electron chi connectivity index (χ2n) is 7.35. The Morgan fingerprint density at radius 2 is 1.93 bits per heavy atom. The Bertz CT molecular complexity index is 795. The molecular formula is C20H25F3N4O. The first kappa shape index (κ1) is 20.4. The normalized spacial score (nSPS) is 16.8. The van der Waals surface area contributed by atoms with E-state index in [1.54, 1.807) is 10.9 Å². The van der Waals surface area contributed by atoms with Gasteiger partial charge in [0.1, 0.15) is 5.69 Å². The van der Waals surface area contributed by atoms with E-state index in [4.69, 9.17) is 0 Å². The van der Waals surface area contributed by atoms with Gasteiger partial charge >= 0.3 is 6.18 Å². The fourth-order valence-corrected chi connectivity index (χ4v) is 3.79. The van der Waals surface area contributed by atoms with E-state index in [-0.39, 0.29) is 6.04 Å². The van der Waals surface area contributed by atoms with Gasteiger partial charge in [0, 0.05) is 24.8 Å². The van der Waals surface area contributed by atoms with Gasteiger partial charge in [0.15, 0.2) is 6.29 Å². The number of aromatic nitrogens is 2. The Morgan fingerprint density at radius 1 is 1.29 bits per heavy atom. The summed E-state index contributed by atoms with van der Waals surface area (Å²) in [6.45, 7) is 4.33. The SMILES string of the molecule is CC(CN(C)c1ccc(C(F)(F)F)cc1)n1ncc(C2CCNCC2)c1C=O. The monoisotopic (exact) mass is 394 g/mol. The highest BCUT2D eigenvalue weighted by molar-refractivity contribution is 5.75. The van der Waals surface area contributed by atoms with Gasteiger partial charge in [-0.3, -0.25) is 9.48 Å². The van der Waals surface area contributed by atoms with Crippen LogP contribution in [0.1, 0.15) is 53.3 Å². The van der Waals surface area contributed by atoms with E-state index in [0.717, 1.165) is 49.9 Å². The van der Waals surface area contributed by atoms with Gasteiger partial charge in [0.25, 0.3) is 0 Å². The zero-order valence-corrected chi connectivity index (χ0v) is 16.0. The maximum atomic E-state index is 12.7. The average Bonchev–Trinajstić information content (AvgIpc) is 3.12. The van der Waals surface area contributed by atoms with Gasteiger partial charge in [0.2, 0.25) is 0 Å². The molecular weight excluding hydrogens is 369 g/mol. The highest BCUT2D eigenvalue weighted by atomic mass is 19.4. The lowest BCUT2D eigenvalue weighted by Gasteiger charge is -2.25. The number of aldehydes is 1. The summed E-state index contributed by atoms with van der Waals surface area (Å²) >= 11 is 0. The summed E-state index contributed by atoms with van der Waals surface area (Å²) in [6, 6.07) is 4.97. The van der Waals surface area contributed by atoms with Crippen LogP contribution in [-0.4, -0.2) is 42.7 Å². The number of carbonyl (C=O) groups excluding carboxylic acids is 1. The summed E-state index contributed by atoms with van der Waals surface area (Å²) in [5.41, 5.74) is 1.60. The van der Waals surface area contributed by atoms with E-state index in [0.29, 0.717) is 23.8 Å². The molecule has 0 amide bonds. The molecule has 0 saturated carbocycles. The third-order valence-electron chi connectivity index (χ3n) is 5.35. The number of alkyl halides is 3. The van der Waals surface area contributed by atoms with Crippen LogP contribution in [0.2, 0.25) is 0 Å². The topological polar surface area (TPSA) is 50.2 Å².